The molecule has 1 saturated heterocycles. The molecule has 29 heavy (non-hydrogen) atoms. The summed E-state index contributed by atoms with van der Waals surface area (Å²) in [6.07, 6.45) is 6.72. The maximum absolute atomic E-state index is 12.4. The Labute approximate surface area is 181 Å². The third kappa shape index (κ3) is 5.40. The standard InChI is InChI=1S/C23H30N2O2S.ClH/c1-18-4-3-16-25(18)17-15-19-7-9-20(10-8-19)21-11-13-23(14-12-21)28(26,27)24-22-5-2-6-22;/h7-14,18,22,24H,2-6,15-17H2,1H3;1H/t18-;/m1./s1. The van der Waals surface area contributed by atoms with E-state index >= 15 is 0 Å². The summed E-state index contributed by atoms with van der Waals surface area (Å²) in [5.41, 5.74) is 3.52. The minimum atomic E-state index is -3.40. The van der Waals surface area contributed by atoms with Gasteiger partial charge in [-0.3, -0.25) is 0 Å². The topological polar surface area (TPSA) is 49.4 Å². The van der Waals surface area contributed by atoms with Gasteiger partial charge in [-0.25, -0.2) is 13.1 Å². The van der Waals surface area contributed by atoms with Crippen molar-refractivity contribution in [2.75, 3.05) is 13.1 Å². The zero-order valence-corrected chi connectivity index (χ0v) is 18.6. The summed E-state index contributed by atoms with van der Waals surface area (Å²) in [5, 5.41) is 0. The van der Waals surface area contributed by atoms with E-state index in [-0.39, 0.29) is 18.4 Å². The van der Waals surface area contributed by atoms with Crippen LogP contribution in [0, 0.1) is 0 Å². The second-order valence-corrected chi connectivity index (χ2v) is 9.96. The molecule has 0 bridgehead atoms. The number of benzene rings is 2. The fraction of sp³-hybridized carbons (Fsp3) is 0.478. The van der Waals surface area contributed by atoms with E-state index in [4.69, 9.17) is 0 Å². The number of nitrogens with zero attached hydrogens (tertiary/aromatic N) is 1. The quantitative estimate of drug-likeness (QED) is 0.690. The third-order valence-corrected chi connectivity index (χ3v) is 7.79. The molecule has 2 aliphatic rings. The van der Waals surface area contributed by atoms with Crippen LogP contribution in [0.2, 0.25) is 0 Å². The highest BCUT2D eigenvalue weighted by Crippen LogP contribution is 2.24. The molecule has 4 rings (SSSR count). The van der Waals surface area contributed by atoms with Crippen LogP contribution in [0.4, 0.5) is 0 Å². The number of hydrogen-bond acceptors (Lipinski definition) is 3. The van der Waals surface area contributed by atoms with E-state index in [0.717, 1.165) is 43.4 Å². The first kappa shape index (κ1) is 22.3. The Kier molecular flexibility index (Phi) is 7.38. The molecular weight excluding hydrogens is 404 g/mol. The van der Waals surface area contributed by atoms with Crippen LogP contribution in [0.15, 0.2) is 53.4 Å². The van der Waals surface area contributed by atoms with Gasteiger partial charge in [0, 0.05) is 18.6 Å². The van der Waals surface area contributed by atoms with Gasteiger partial charge in [-0.2, -0.15) is 0 Å². The smallest absolute Gasteiger partial charge is 0.240 e. The summed E-state index contributed by atoms with van der Waals surface area (Å²) in [7, 11) is -3.40. The van der Waals surface area contributed by atoms with Gasteiger partial charge in [-0.15, -0.1) is 12.4 Å². The first-order valence-electron chi connectivity index (χ1n) is 10.5. The van der Waals surface area contributed by atoms with E-state index in [1.807, 2.05) is 12.1 Å². The van der Waals surface area contributed by atoms with Gasteiger partial charge in [0.1, 0.15) is 0 Å². The lowest BCUT2D eigenvalue weighted by atomic mass is 9.94. The summed E-state index contributed by atoms with van der Waals surface area (Å²) >= 11 is 0. The van der Waals surface area contributed by atoms with Crippen LogP contribution < -0.4 is 4.72 Å². The highest BCUT2D eigenvalue weighted by molar-refractivity contribution is 7.89. The van der Waals surface area contributed by atoms with Crippen molar-refractivity contribution in [3.8, 4) is 11.1 Å². The molecule has 0 unspecified atom stereocenters. The zero-order chi connectivity index (χ0) is 19.6. The maximum atomic E-state index is 12.4. The molecule has 1 atom stereocenters. The van der Waals surface area contributed by atoms with Gasteiger partial charge in [0.25, 0.3) is 0 Å². The Morgan fingerprint density at radius 1 is 0.931 bits per heavy atom. The molecule has 0 amide bonds. The van der Waals surface area contributed by atoms with E-state index in [9.17, 15) is 8.42 Å². The summed E-state index contributed by atoms with van der Waals surface area (Å²) in [5.74, 6) is 0. The molecule has 4 nitrogen and oxygen atoms in total. The molecule has 1 heterocycles. The fourth-order valence-corrected chi connectivity index (χ4v) is 5.41. The fourth-order valence-electron chi connectivity index (χ4n) is 4.10. The van der Waals surface area contributed by atoms with Gasteiger partial charge in [0.15, 0.2) is 0 Å². The van der Waals surface area contributed by atoms with Crippen molar-refractivity contribution in [2.45, 2.75) is 62.4 Å². The Hall–Kier alpha value is -1.40. The lowest BCUT2D eigenvalue weighted by Gasteiger charge is -2.26. The molecule has 2 aromatic carbocycles. The molecule has 158 valence electrons. The molecular formula is C23H31ClN2O2S. The summed E-state index contributed by atoms with van der Waals surface area (Å²) < 4.78 is 27.6. The van der Waals surface area contributed by atoms with Crippen molar-refractivity contribution in [3.05, 3.63) is 54.1 Å². The van der Waals surface area contributed by atoms with Gasteiger partial charge >= 0.3 is 0 Å². The maximum Gasteiger partial charge on any atom is 0.240 e. The minimum Gasteiger partial charge on any atom is -0.300 e. The van der Waals surface area contributed by atoms with Crippen molar-refractivity contribution in [1.29, 1.82) is 0 Å². The molecule has 1 N–H and O–H groups in total. The van der Waals surface area contributed by atoms with E-state index in [0.29, 0.717) is 10.9 Å². The number of hydrogen-bond donors (Lipinski definition) is 1. The Balaban J connectivity index is 0.00000240. The molecule has 0 aromatic heterocycles. The Morgan fingerprint density at radius 2 is 1.55 bits per heavy atom. The largest absolute Gasteiger partial charge is 0.300 e. The SMILES string of the molecule is C[C@@H]1CCCN1CCc1ccc(-c2ccc(S(=O)(=O)NC3CCC3)cc2)cc1.Cl. The predicted octanol–water partition coefficient (Wildman–Crippen LogP) is 4.63. The number of rotatable bonds is 7. The van der Waals surface area contributed by atoms with Crippen LogP contribution in [0.1, 0.15) is 44.6 Å². The summed E-state index contributed by atoms with van der Waals surface area (Å²) in [6, 6.07) is 16.7. The first-order chi connectivity index (χ1) is 13.5. The lowest BCUT2D eigenvalue weighted by molar-refractivity contribution is 0.272. The number of halogens is 1. The third-order valence-electron chi connectivity index (χ3n) is 6.26. The van der Waals surface area contributed by atoms with E-state index in [2.05, 4.69) is 40.8 Å². The van der Waals surface area contributed by atoms with Gasteiger partial charge in [0.05, 0.1) is 4.90 Å². The average molecular weight is 435 g/mol. The average Bonchev–Trinajstić information content (AvgIpc) is 3.09. The predicted molar refractivity (Wildman–Crippen MR) is 121 cm³/mol. The Bertz CT molecular complexity index is 893. The van der Waals surface area contributed by atoms with Crippen LogP contribution in [0.5, 0.6) is 0 Å². The number of nitrogens with one attached hydrogen (secondary N) is 1. The summed E-state index contributed by atoms with van der Waals surface area (Å²) in [4.78, 5) is 2.92. The second-order valence-electron chi connectivity index (χ2n) is 8.25. The number of sulfonamides is 1. The second kappa shape index (κ2) is 9.61. The Morgan fingerprint density at radius 3 is 2.07 bits per heavy atom. The van der Waals surface area contributed by atoms with E-state index in [1.54, 1.807) is 12.1 Å². The van der Waals surface area contributed by atoms with Crippen molar-refractivity contribution < 1.29 is 8.42 Å². The highest BCUT2D eigenvalue weighted by Gasteiger charge is 2.24. The highest BCUT2D eigenvalue weighted by atomic mass is 35.5. The van der Waals surface area contributed by atoms with Crippen molar-refractivity contribution in [3.63, 3.8) is 0 Å². The lowest BCUT2D eigenvalue weighted by Crippen LogP contribution is -2.39. The van der Waals surface area contributed by atoms with Crippen LogP contribution in [-0.4, -0.2) is 38.5 Å². The minimum absolute atomic E-state index is 0. The van der Waals surface area contributed by atoms with Crippen molar-refractivity contribution >= 4 is 22.4 Å². The molecule has 2 fully saturated rings. The van der Waals surface area contributed by atoms with Crippen molar-refractivity contribution in [2.24, 2.45) is 0 Å². The zero-order valence-electron chi connectivity index (χ0n) is 17.0. The first-order valence-corrected chi connectivity index (χ1v) is 12.0. The van der Waals surface area contributed by atoms with E-state index in [1.165, 1.54) is 24.9 Å². The van der Waals surface area contributed by atoms with Gasteiger partial charge in [-0.05, 0) is 74.4 Å². The van der Waals surface area contributed by atoms with Crippen LogP contribution in [0.25, 0.3) is 11.1 Å². The molecule has 1 aliphatic heterocycles. The molecule has 1 aliphatic carbocycles. The molecule has 6 heteroatoms. The normalized spacial score (nSPS) is 20.2. The van der Waals surface area contributed by atoms with Gasteiger partial charge in [0.2, 0.25) is 10.0 Å². The molecule has 1 saturated carbocycles. The van der Waals surface area contributed by atoms with Gasteiger partial charge in [-0.1, -0.05) is 42.8 Å². The van der Waals surface area contributed by atoms with Crippen LogP contribution in [-0.2, 0) is 16.4 Å². The number of likely N-dealkylation sites (tertiary alicyclic amines) is 1. The molecule has 0 radical (unpaired) electrons. The monoisotopic (exact) mass is 434 g/mol. The van der Waals surface area contributed by atoms with Crippen LogP contribution >= 0.6 is 12.4 Å². The van der Waals surface area contributed by atoms with E-state index < -0.39 is 10.0 Å². The van der Waals surface area contributed by atoms with Crippen LogP contribution in [0.3, 0.4) is 0 Å². The summed E-state index contributed by atoms with van der Waals surface area (Å²) in [6.45, 7) is 4.67. The molecule has 2 aromatic rings. The van der Waals surface area contributed by atoms with Gasteiger partial charge < -0.3 is 4.90 Å². The van der Waals surface area contributed by atoms with Crippen molar-refractivity contribution in [1.82, 2.24) is 9.62 Å². The molecule has 0 spiro atoms.